The van der Waals surface area contributed by atoms with Crippen molar-refractivity contribution in [3.05, 3.63) is 11.3 Å². The van der Waals surface area contributed by atoms with Gasteiger partial charge in [0.2, 0.25) is 0 Å². The molecule has 0 saturated heterocycles. The van der Waals surface area contributed by atoms with Crippen LogP contribution in [0.1, 0.15) is 34.1 Å². The fourth-order valence-corrected chi connectivity index (χ4v) is 1.18. The topological polar surface area (TPSA) is 12.4 Å². The highest BCUT2D eigenvalue weighted by molar-refractivity contribution is 5.30. The minimum atomic E-state index is 0.607. The molecule has 0 amide bonds. The smallest absolute Gasteiger partial charge is 0.0359 e. The summed E-state index contributed by atoms with van der Waals surface area (Å²) in [7, 11) is 0. The van der Waals surface area contributed by atoms with Crippen molar-refractivity contribution >= 4 is 6.72 Å². The molecule has 0 heterocycles. The van der Waals surface area contributed by atoms with Gasteiger partial charge in [-0.1, -0.05) is 20.8 Å². The first kappa shape index (κ1) is 9.41. The monoisotopic (exact) mass is 139 g/mol. The summed E-state index contributed by atoms with van der Waals surface area (Å²) < 4.78 is 0. The van der Waals surface area contributed by atoms with Crippen molar-refractivity contribution in [2.24, 2.45) is 10.9 Å². The Morgan fingerprint density at radius 2 is 2.00 bits per heavy atom. The SMILES string of the molecule is C=N/C(C)=C(/CC)C(C)C. The van der Waals surface area contributed by atoms with Crippen molar-refractivity contribution < 1.29 is 0 Å². The maximum Gasteiger partial charge on any atom is 0.0359 e. The third kappa shape index (κ3) is 2.34. The van der Waals surface area contributed by atoms with Gasteiger partial charge in [-0.05, 0) is 31.6 Å². The van der Waals surface area contributed by atoms with Gasteiger partial charge >= 0.3 is 0 Å². The van der Waals surface area contributed by atoms with Crippen LogP contribution in [0.5, 0.6) is 0 Å². The minimum absolute atomic E-state index is 0.607. The summed E-state index contributed by atoms with van der Waals surface area (Å²) in [5.74, 6) is 0.607. The zero-order valence-electron chi connectivity index (χ0n) is 7.44. The van der Waals surface area contributed by atoms with Crippen molar-refractivity contribution in [3.8, 4) is 0 Å². The normalized spacial score (nSPS) is 13.3. The summed E-state index contributed by atoms with van der Waals surface area (Å²) in [6.45, 7) is 12.1. The van der Waals surface area contributed by atoms with Crippen LogP contribution in [0.3, 0.4) is 0 Å². The fraction of sp³-hybridized carbons (Fsp3) is 0.667. The van der Waals surface area contributed by atoms with Gasteiger partial charge in [0.05, 0.1) is 0 Å². The van der Waals surface area contributed by atoms with Crippen molar-refractivity contribution in [2.75, 3.05) is 0 Å². The minimum Gasteiger partial charge on any atom is -0.269 e. The van der Waals surface area contributed by atoms with Gasteiger partial charge in [0, 0.05) is 5.70 Å². The Kier molecular flexibility index (Phi) is 4.01. The molecular weight excluding hydrogens is 122 g/mol. The molecule has 0 aromatic carbocycles. The molecule has 0 aliphatic rings. The van der Waals surface area contributed by atoms with E-state index in [9.17, 15) is 0 Å². The van der Waals surface area contributed by atoms with E-state index in [1.165, 1.54) is 5.57 Å². The molecule has 0 saturated carbocycles. The summed E-state index contributed by atoms with van der Waals surface area (Å²) in [5.41, 5.74) is 2.51. The molecule has 1 nitrogen and oxygen atoms in total. The molecular formula is C9H17N. The van der Waals surface area contributed by atoms with Crippen molar-refractivity contribution in [1.29, 1.82) is 0 Å². The largest absolute Gasteiger partial charge is 0.269 e. The van der Waals surface area contributed by atoms with Crippen LogP contribution in [0, 0.1) is 5.92 Å². The van der Waals surface area contributed by atoms with Gasteiger partial charge in [-0.25, -0.2) is 0 Å². The third-order valence-corrected chi connectivity index (χ3v) is 1.78. The van der Waals surface area contributed by atoms with Gasteiger partial charge in [0.15, 0.2) is 0 Å². The van der Waals surface area contributed by atoms with Crippen LogP contribution in [0.25, 0.3) is 0 Å². The van der Waals surface area contributed by atoms with Crippen LogP contribution in [-0.2, 0) is 0 Å². The van der Waals surface area contributed by atoms with Crippen LogP contribution < -0.4 is 0 Å². The van der Waals surface area contributed by atoms with E-state index >= 15 is 0 Å². The summed E-state index contributed by atoms with van der Waals surface area (Å²) in [6.07, 6.45) is 1.09. The molecule has 0 fully saturated rings. The third-order valence-electron chi connectivity index (χ3n) is 1.78. The Labute approximate surface area is 63.9 Å². The van der Waals surface area contributed by atoms with Gasteiger partial charge in [0.25, 0.3) is 0 Å². The second-order valence-electron chi connectivity index (χ2n) is 2.78. The van der Waals surface area contributed by atoms with Crippen LogP contribution >= 0.6 is 0 Å². The van der Waals surface area contributed by atoms with Crippen LogP contribution in [-0.4, -0.2) is 6.72 Å². The maximum absolute atomic E-state index is 3.91. The lowest BCUT2D eigenvalue weighted by molar-refractivity contribution is 0.717. The van der Waals surface area contributed by atoms with E-state index < -0.39 is 0 Å². The molecule has 1 heteroatoms. The highest BCUT2D eigenvalue weighted by Gasteiger charge is 2.02. The zero-order chi connectivity index (χ0) is 8.15. The van der Waals surface area contributed by atoms with E-state index in [1.807, 2.05) is 6.92 Å². The Hall–Kier alpha value is -0.590. The second-order valence-corrected chi connectivity index (χ2v) is 2.78. The van der Waals surface area contributed by atoms with Crippen LogP contribution in [0.4, 0.5) is 0 Å². The Morgan fingerprint density at radius 1 is 1.50 bits per heavy atom. The predicted octanol–water partition coefficient (Wildman–Crippen LogP) is 3.03. The number of hydrogen-bond donors (Lipinski definition) is 0. The van der Waals surface area contributed by atoms with Gasteiger partial charge in [-0.3, -0.25) is 4.99 Å². The number of hydrogen-bond acceptors (Lipinski definition) is 1. The summed E-state index contributed by atoms with van der Waals surface area (Å²) >= 11 is 0. The van der Waals surface area contributed by atoms with Gasteiger partial charge in [0.1, 0.15) is 0 Å². The summed E-state index contributed by atoms with van der Waals surface area (Å²) in [4.78, 5) is 3.91. The molecule has 0 aliphatic heterocycles. The fourth-order valence-electron chi connectivity index (χ4n) is 1.18. The first-order valence-corrected chi connectivity index (χ1v) is 3.79. The van der Waals surface area contributed by atoms with Crippen molar-refractivity contribution in [3.63, 3.8) is 0 Å². The maximum atomic E-state index is 3.91. The molecule has 0 radical (unpaired) electrons. The lowest BCUT2D eigenvalue weighted by Gasteiger charge is -2.09. The first-order chi connectivity index (χ1) is 4.63. The van der Waals surface area contributed by atoms with E-state index in [0.29, 0.717) is 5.92 Å². The van der Waals surface area contributed by atoms with Crippen LogP contribution in [0.15, 0.2) is 16.3 Å². The van der Waals surface area contributed by atoms with E-state index in [2.05, 4.69) is 32.5 Å². The Balaban J connectivity index is 4.45. The van der Waals surface area contributed by atoms with Gasteiger partial charge < -0.3 is 0 Å². The summed E-state index contributed by atoms with van der Waals surface area (Å²) in [6, 6.07) is 0. The quantitative estimate of drug-likeness (QED) is 0.533. The summed E-state index contributed by atoms with van der Waals surface area (Å²) in [5, 5.41) is 0. The van der Waals surface area contributed by atoms with E-state index in [-0.39, 0.29) is 0 Å². The van der Waals surface area contributed by atoms with Crippen molar-refractivity contribution in [2.45, 2.75) is 34.1 Å². The Morgan fingerprint density at radius 3 is 2.10 bits per heavy atom. The molecule has 0 atom stereocenters. The molecule has 0 N–H and O–H groups in total. The molecule has 0 aromatic heterocycles. The molecule has 0 rings (SSSR count). The molecule has 0 unspecified atom stereocenters. The van der Waals surface area contributed by atoms with E-state index in [4.69, 9.17) is 0 Å². The highest BCUT2D eigenvalue weighted by atomic mass is 14.7. The number of aliphatic imine (C=N–C) groups is 1. The lowest BCUT2D eigenvalue weighted by atomic mass is 9.99. The molecule has 58 valence electrons. The molecule has 0 bridgehead atoms. The Bertz CT molecular complexity index is 143. The van der Waals surface area contributed by atoms with E-state index in [1.54, 1.807) is 0 Å². The average Bonchev–Trinajstić information content (AvgIpc) is 1.88. The number of nitrogens with zero attached hydrogens (tertiary/aromatic N) is 1. The van der Waals surface area contributed by atoms with Gasteiger partial charge in [-0.2, -0.15) is 0 Å². The first-order valence-electron chi connectivity index (χ1n) is 3.79. The zero-order valence-corrected chi connectivity index (χ0v) is 7.44. The second kappa shape index (κ2) is 4.26. The molecule has 0 aromatic rings. The molecule has 0 aliphatic carbocycles. The average molecular weight is 139 g/mol. The van der Waals surface area contributed by atoms with E-state index in [0.717, 1.165) is 12.1 Å². The number of rotatable bonds is 3. The lowest BCUT2D eigenvalue weighted by Crippen LogP contribution is -1.94. The molecule has 0 spiro atoms. The van der Waals surface area contributed by atoms with Gasteiger partial charge in [-0.15, -0.1) is 0 Å². The highest BCUT2D eigenvalue weighted by Crippen LogP contribution is 2.18. The van der Waals surface area contributed by atoms with Crippen LogP contribution in [0.2, 0.25) is 0 Å². The predicted molar refractivity (Wildman–Crippen MR) is 47.4 cm³/mol. The molecule has 10 heavy (non-hydrogen) atoms. The standard InChI is InChI=1S/C9H17N/c1-6-9(7(2)3)8(4)10-5/h7H,5-6H2,1-4H3/b9-8-. The van der Waals surface area contributed by atoms with Crippen molar-refractivity contribution in [1.82, 2.24) is 0 Å². The number of allylic oxidation sites excluding steroid dienone is 2.